The third kappa shape index (κ3) is 2.99. The molecule has 0 aromatic carbocycles. The summed E-state index contributed by atoms with van der Waals surface area (Å²) in [4.78, 5) is 2.44. The molecule has 0 saturated carbocycles. The van der Waals surface area contributed by atoms with Crippen molar-refractivity contribution in [3.63, 3.8) is 0 Å². The maximum Gasteiger partial charge on any atom is 0.393 e. The van der Waals surface area contributed by atoms with Crippen molar-refractivity contribution in [3.05, 3.63) is 18.0 Å². The average molecular weight is 312 g/mol. The van der Waals surface area contributed by atoms with Crippen LogP contribution in [0.15, 0.2) is 17.2 Å². The normalized spacial score (nSPS) is 22.1. The monoisotopic (exact) mass is 312 g/mol. The van der Waals surface area contributed by atoms with Gasteiger partial charge in [-0.2, -0.15) is 17.5 Å². The molecule has 9 heteroatoms. The van der Waals surface area contributed by atoms with Gasteiger partial charge >= 0.3 is 6.18 Å². The fraction of sp³-hybridized carbons (Fsp3) is 0.636. The largest absolute Gasteiger partial charge is 0.393 e. The fourth-order valence-electron chi connectivity index (χ4n) is 2.24. The minimum absolute atomic E-state index is 0.0510. The minimum atomic E-state index is -4.39. The highest BCUT2D eigenvalue weighted by Gasteiger charge is 2.44. The quantitative estimate of drug-likeness (QED) is 0.887. The van der Waals surface area contributed by atoms with Crippen molar-refractivity contribution in [1.29, 1.82) is 0 Å². The maximum atomic E-state index is 12.7. The Morgan fingerprint density at radius 3 is 2.70 bits per heavy atom. The van der Waals surface area contributed by atoms with E-state index in [4.69, 9.17) is 5.11 Å². The van der Waals surface area contributed by atoms with Gasteiger partial charge in [-0.25, -0.2) is 8.42 Å². The molecule has 114 valence electrons. The van der Waals surface area contributed by atoms with E-state index < -0.39 is 28.7 Å². The van der Waals surface area contributed by atoms with Crippen LogP contribution in [0.3, 0.4) is 0 Å². The Hall–Kier alpha value is -1.06. The number of rotatable bonds is 3. The Morgan fingerprint density at radius 2 is 2.15 bits per heavy atom. The van der Waals surface area contributed by atoms with Gasteiger partial charge < -0.3 is 10.1 Å². The van der Waals surface area contributed by atoms with Crippen molar-refractivity contribution in [2.75, 3.05) is 13.1 Å². The van der Waals surface area contributed by atoms with E-state index in [0.717, 1.165) is 4.31 Å². The first-order chi connectivity index (χ1) is 9.25. The zero-order valence-corrected chi connectivity index (χ0v) is 11.3. The molecule has 20 heavy (non-hydrogen) atoms. The van der Waals surface area contributed by atoms with Gasteiger partial charge in [0.1, 0.15) is 0 Å². The number of nitrogens with zero attached hydrogens (tertiary/aromatic N) is 1. The Balaban J connectivity index is 2.21. The Labute approximate surface area is 114 Å². The Morgan fingerprint density at radius 1 is 1.45 bits per heavy atom. The van der Waals surface area contributed by atoms with Crippen LogP contribution < -0.4 is 0 Å². The summed E-state index contributed by atoms with van der Waals surface area (Å²) in [5.41, 5.74) is 0.299. The Bertz CT molecular complexity index is 568. The van der Waals surface area contributed by atoms with Gasteiger partial charge in [0, 0.05) is 25.0 Å². The van der Waals surface area contributed by atoms with Gasteiger partial charge in [0.25, 0.3) is 0 Å². The number of alkyl halides is 3. The highest BCUT2D eigenvalue weighted by molar-refractivity contribution is 7.89. The molecular formula is C11H15F3N2O3S. The van der Waals surface area contributed by atoms with Crippen molar-refractivity contribution < 1.29 is 26.7 Å². The number of aliphatic hydroxyl groups is 1. The highest BCUT2D eigenvalue weighted by Crippen LogP contribution is 2.34. The highest BCUT2D eigenvalue weighted by atomic mass is 32.2. The van der Waals surface area contributed by atoms with Crippen LogP contribution in [0.1, 0.15) is 18.5 Å². The molecule has 1 aromatic heterocycles. The molecule has 2 N–H and O–H groups in total. The number of sulfonamides is 1. The number of piperidine rings is 1. The molecule has 1 fully saturated rings. The summed E-state index contributed by atoms with van der Waals surface area (Å²) in [5, 5.41) is 8.89. The molecule has 1 saturated heterocycles. The summed E-state index contributed by atoms with van der Waals surface area (Å²) in [5.74, 6) is -1.62. The van der Waals surface area contributed by atoms with Gasteiger partial charge in [0.15, 0.2) is 0 Å². The molecule has 0 bridgehead atoms. The van der Waals surface area contributed by atoms with Crippen LogP contribution in [0.2, 0.25) is 0 Å². The summed E-state index contributed by atoms with van der Waals surface area (Å²) in [7, 11) is -3.95. The van der Waals surface area contributed by atoms with E-state index in [2.05, 4.69) is 4.98 Å². The molecule has 0 radical (unpaired) electrons. The topological polar surface area (TPSA) is 73.4 Å². The zero-order valence-electron chi connectivity index (χ0n) is 10.5. The van der Waals surface area contributed by atoms with Crippen LogP contribution in [0.25, 0.3) is 0 Å². The second-order valence-electron chi connectivity index (χ2n) is 4.76. The van der Waals surface area contributed by atoms with E-state index in [-0.39, 0.29) is 30.9 Å². The number of halogens is 3. The first kappa shape index (κ1) is 15.3. The van der Waals surface area contributed by atoms with Gasteiger partial charge in [-0.15, -0.1) is 0 Å². The van der Waals surface area contributed by atoms with E-state index in [1.54, 1.807) is 0 Å². The molecular weight excluding hydrogens is 297 g/mol. The van der Waals surface area contributed by atoms with Crippen molar-refractivity contribution in [2.24, 2.45) is 5.92 Å². The molecule has 1 aliphatic rings. The standard InChI is InChI=1S/C11H15F3N2O3S/c12-11(13,14)8-2-1-3-16(6-8)20(18,19)10-4-9(7-17)15-5-10/h4-5,8,15,17H,1-3,6-7H2. The lowest BCUT2D eigenvalue weighted by Gasteiger charge is -2.32. The fourth-order valence-corrected chi connectivity index (χ4v) is 3.78. The molecule has 2 rings (SSSR count). The third-order valence-electron chi connectivity index (χ3n) is 3.37. The predicted octanol–water partition coefficient (Wildman–Crippen LogP) is 1.47. The van der Waals surface area contributed by atoms with Crippen LogP contribution in [0.5, 0.6) is 0 Å². The minimum Gasteiger partial charge on any atom is -0.390 e. The molecule has 5 nitrogen and oxygen atoms in total. The molecule has 1 aliphatic heterocycles. The molecule has 0 aliphatic carbocycles. The van der Waals surface area contributed by atoms with Gasteiger partial charge in [0.2, 0.25) is 10.0 Å². The van der Waals surface area contributed by atoms with E-state index in [9.17, 15) is 21.6 Å². The summed E-state index contributed by atoms with van der Waals surface area (Å²) in [6.07, 6.45) is -3.08. The molecule has 1 atom stereocenters. The first-order valence-electron chi connectivity index (χ1n) is 6.10. The van der Waals surface area contributed by atoms with Gasteiger partial charge in [-0.1, -0.05) is 0 Å². The second-order valence-corrected chi connectivity index (χ2v) is 6.70. The number of nitrogens with one attached hydrogen (secondary N) is 1. The van der Waals surface area contributed by atoms with Crippen LogP contribution in [0, 0.1) is 5.92 Å². The number of hydrogen-bond donors (Lipinski definition) is 2. The first-order valence-corrected chi connectivity index (χ1v) is 7.54. The van der Waals surface area contributed by atoms with Crippen LogP contribution in [-0.4, -0.2) is 42.1 Å². The number of aromatic amines is 1. The lowest BCUT2D eigenvalue weighted by atomic mass is 9.99. The maximum absolute atomic E-state index is 12.7. The van der Waals surface area contributed by atoms with Crippen molar-refractivity contribution in [3.8, 4) is 0 Å². The molecule has 2 heterocycles. The summed E-state index contributed by atoms with van der Waals surface area (Å²) in [6.45, 7) is -0.833. The summed E-state index contributed by atoms with van der Waals surface area (Å²) >= 11 is 0. The average Bonchev–Trinajstić information content (AvgIpc) is 2.87. The third-order valence-corrected chi connectivity index (χ3v) is 5.21. The van der Waals surface area contributed by atoms with Gasteiger partial charge in [-0.05, 0) is 18.9 Å². The summed E-state index contributed by atoms with van der Waals surface area (Å²) < 4.78 is 63.5. The van der Waals surface area contributed by atoms with E-state index in [1.165, 1.54) is 12.3 Å². The molecule has 1 aromatic rings. The van der Waals surface area contributed by atoms with Gasteiger partial charge in [-0.3, -0.25) is 0 Å². The molecule has 0 spiro atoms. The number of aliphatic hydroxyl groups excluding tert-OH is 1. The smallest absolute Gasteiger partial charge is 0.390 e. The van der Waals surface area contributed by atoms with Gasteiger partial charge in [0.05, 0.1) is 17.4 Å². The van der Waals surface area contributed by atoms with E-state index in [0.29, 0.717) is 5.69 Å². The lowest BCUT2D eigenvalue weighted by molar-refractivity contribution is -0.182. The molecule has 0 amide bonds. The van der Waals surface area contributed by atoms with E-state index >= 15 is 0 Å². The van der Waals surface area contributed by atoms with E-state index in [1.807, 2.05) is 0 Å². The number of aromatic nitrogens is 1. The van der Waals surface area contributed by atoms with Crippen molar-refractivity contribution >= 4 is 10.0 Å². The predicted molar refractivity (Wildman–Crippen MR) is 64.3 cm³/mol. The number of H-pyrrole nitrogens is 1. The van der Waals surface area contributed by atoms with Crippen LogP contribution >= 0.6 is 0 Å². The molecule has 1 unspecified atom stereocenters. The van der Waals surface area contributed by atoms with Crippen LogP contribution in [-0.2, 0) is 16.6 Å². The van der Waals surface area contributed by atoms with Crippen molar-refractivity contribution in [1.82, 2.24) is 9.29 Å². The lowest BCUT2D eigenvalue weighted by Crippen LogP contribution is -2.44. The summed E-state index contributed by atoms with van der Waals surface area (Å²) in [6, 6.07) is 1.23. The Kier molecular flexibility index (Phi) is 4.12. The zero-order chi connectivity index (χ0) is 15.0. The van der Waals surface area contributed by atoms with Crippen molar-refractivity contribution in [2.45, 2.75) is 30.5 Å². The number of hydrogen-bond acceptors (Lipinski definition) is 3. The second kappa shape index (κ2) is 5.38. The van der Waals surface area contributed by atoms with Crippen LogP contribution in [0.4, 0.5) is 13.2 Å². The SMILES string of the molecule is O=S(=O)(c1c[nH]c(CO)c1)N1CCCC(C(F)(F)F)C1.